The maximum atomic E-state index is 9.97. The normalized spacial score (nSPS) is 11.2. The minimum atomic E-state index is -0.0167. The third kappa shape index (κ3) is 2.42. The molecule has 6 heteroatoms. The lowest BCUT2D eigenvalue weighted by atomic mass is 10.2. The number of hydrogen-bond donors (Lipinski definition) is 2. The molecule has 0 bridgehead atoms. The average Bonchev–Trinajstić information content (AvgIpc) is 2.86. The quantitative estimate of drug-likeness (QED) is 0.773. The molecule has 0 saturated heterocycles. The number of nitrogens with one attached hydrogen (secondary N) is 1. The zero-order chi connectivity index (χ0) is 14.1. The lowest BCUT2D eigenvalue weighted by Gasteiger charge is -2.04. The zero-order valence-corrected chi connectivity index (χ0v) is 12.0. The molecule has 3 aromatic rings. The van der Waals surface area contributed by atoms with Crippen molar-refractivity contribution in [1.82, 2.24) is 15.0 Å². The molecule has 3 rings (SSSR count). The van der Waals surface area contributed by atoms with Crippen LogP contribution in [-0.2, 0) is 0 Å². The lowest BCUT2D eigenvalue weighted by molar-refractivity contribution is 0.460. The van der Waals surface area contributed by atoms with Crippen molar-refractivity contribution < 1.29 is 5.11 Å². The van der Waals surface area contributed by atoms with E-state index in [2.05, 4.69) is 34.1 Å². The molecule has 0 amide bonds. The summed E-state index contributed by atoms with van der Waals surface area (Å²) in [5, 5.41) is 16.6. The van der Waals surface area contributed by atoms with Gasteiger partial charge in [-0.2, -0.15) is 4.98 Å². The molecule has 20 heavy (non-hydrogen) atoms. The van der Waals surface area contributed by atoms with E-state index in [4.69, 9.17) is 0 Å². The highest BCUT2D eigenvalue weighted by Gasteiger charge is 2.11. The van der Waals surface area contributed by atoms with Gasteiger partial charge in [-0.3, -0.25) is 0 Å². The Kier molecular flexibility index (Phi) is 3.23. The third-order valence-electron chi connectivity index (χ3n) is 2.73. The van der Waals surface area contributed by atoms with Gasteiger partial charge in [0.15, 0.2) is 11.0 Å². The third-order valence-corrected chi connectivity index (χ3v) is 3.50. The molecule has 0 fully saturated rings. The first-order chi connectivity index (χ1) is 9.63. The molecule has 2 heterocycles. The minimum absolute atomic E-state index is 0.0167. The van der Waals surface area contributed by atoms with E-state index in [1.54, 1.807) is 6.07 Å². The predicted molar refractivity (Wildman–Crippen MR) is 81.1 cm³/mol. The number of benzene rings is 1. The Bertz CT molecular complexity index is 754. The first-order valence-electron chi connectivity index (χ1n) is 6.31. The molecule has 0 radical (unpaired) electrons. The van der Waals surface area contributed by atoms with Gasteiger partial charge in [0.1, 0.15) is 5.69 Å². The highest BCUT2D eigenvalue weighted by molar-refractivity contribution is 7.14. The Morgan fingerprint density at radius 2 is 1.95 bits per heavy atom. The maximum Gasteiger partial charge on any atom is 0.222 e. The molecule has 2 aromatic heterocycles. The summed E-state index contributed by atoms with van der Waals surface area (Å²) in [5.74, 6) is 0.422. The summed E-state index contributed by atoms with van der Waals surface area (Å²) < 4.78 is 0. The number of anilines is 1. The van der Waals surface area contributed by atoms with Crippen molar-refractivity contribution in [2.24, 2.45) is 0 Å². The minimum Gasteiger partial charge on any atom is -0.493 e. The highest BCUT2D eigenvalue weighted by atomic mass is 32.1. The van der Waals surface area contributed by atoms with E-state index in [1.807, 2.05) is 23.6 Å². The molecular weight excluding hydrogens is 272 g/mol. The van der Waals surface area contributed by atoms with Gasteiger partial charge in [-0.05, 0) is 26.0 Å². The Balaban J connectivity index is 2.03. The Morgan fingerprint density at radius 3 is 2.75 bits per heavy atom. The second-order valence-electron chi connectivity index (χ2n) is 4.72. The molecule has 2 N–H and O–H groups in total. The van der Waals surface area contributed by atoms with Crippen LogP contribution in [-0.4, -0.2) is 26.1 Å². The Morgan fingerprint density at radius 1 is 1.15 bits per heavy atom. The van der Waals surface area contributed by atoms with Crippen LogP contribution in [0.1, 0.15) is 13.8 Å². The van der Waals surface area contributed by atoms with Crippen LogP contribution in [0.15, 0.2) is 29.6 Å². The molecule has 102 valence electrons. The van der Waals surface area contributed by atoms with E-state index in [1.165, 1.54) is 11.3 Å². The topological polar surface area (TPSA) is 70.9 Å². The summed E-state index contributed by atoms with van der Waals surface area (Å²) in [6.07, 6.45) is 0. The van der Waals surface area contributed by atoms with E-state index in [0.717, 1.165) is 5.13 Å². The number of thiazole rings is 1. The SMILES string of the molecule is CC(C)Nc1nc(-c2nc(O)c3ccccc3n2)cs1. The van der Waals surface area contributed by atoms with Gasteiger partial charge >= 0.3 is 0 Å². The smallest absolute Gasteiger partial charge is 0.222 e. The standard InChI is InChI=1S/C14H14N4OS/c1-8(2)15-14-17-11(7-20-14)12-16-10-6-4-3-5-9(10)13(19)18-12/h3-8H,1-2H3,(H,15,17)(H,16,18,19). The molecule has 0 spiro atoms. The molecule has 0 aliphatic rings. The summed E-state index contributed by atoms with van der Waals surface area (Å²) in [7, 11) is 0. The molecule has 0 saturated carbocycles. The average molecular weight is 286 g/mol. The van der Waals surface area contributed by atoms with Gasteiger partial charge in [0.25, 0.3) is 0 Å². The van der Waals surface area contributed by atoms with E-state index in [9.17, 15) is 5.11 Å². The number of para-hydroxylation sites is 1. The fourth-order valence-corrected chi connectivity index (χ4v) is 2.70. The summed E-state index contributed by atoms with van der Waals surface area (Å²) in [4.78, 5) is 13.0. The summed E-state index contributed by atoms with van der Waals surface area (Å²) >= 11 is 1.50. The van der Waals surface area contributed by atoms with E-state index in [-0.39, 0.29) is 5.88 Å². The fraction of sp³-hybridized carbons (Fsp3) is 0.214. The van der Waals surface area contributed by atoms with Crippen LogP contribution >= 0.6 is 11.3 Å². The van der Waals surface area contributed by atoms with Crippen molar-refractivity contribution >= 4 is 27.4 Å². The number of aromatic nitrogens is 3. The molecule has 0 aliphatic carbocycles. The van der Waals surface area contributed by atoms with Gasteiger partial charge < -0.3 is 10.4 Å². The first kappa shape index (κ1) is 12.8. The summed E-state index contributed by atoms with van der Waals surface area (Å²) in [5.41, 5.74) is 1.38. The van der Waals surface area contributed by atoms with Crippen LogP contribution < -0.4 is 5.32 Å². The largest absolute Gasteiger partial charge is 0.493 e. The van der Waals surface area contributed by atoms with Crippen molar-refractivity contribution in [1.29, 1.82) is 0 Å². The highest BCUT2D eigenvalue weighted by Crippen LogP contribution is 2.27. The van der Waals surface area contributed by atoms with Crippen LogP contribution in [0.4, 0.5) is 5.13 Å². The molecular formula is C14H14N4OS. The van der Waals surface area contributed by atoms with Crippen molar-refractivity contribution in [2.45, 2.75) is 19.9 Å². The van der Waals surface area contributed by atoms with Gasteiger partial charge in [-0.15, -0.1) is 11.3 Å². The molecule has 0 aliphatic heterocycles. The van der Waals surface area contributed by atoms with Crippen molar-refractivity contribution in [2.75, 3.05) is 5.32 Å². The van der Waals surface area contributed by atoms with Gasteiger partial charge in [0, 0.05) is 11.4 Å². The maximum absolute atomic E-state index is 9.97. The fourth-order valence-electron chi connectivity index (χ4n) is 1.86. The van der Waals surface area contributed by atoms with Crippen molar-refractivity contribution in [3.8, 4) is 17.4 Å². The van der Waals surface area contributed by atoms with E-state index < -0.39 is 0 Å². The lowest BCUT2D eigenvalue weighted by Crippen LogP contribution is -2.09. The second-order valence-corrected chi connectivity index (χ2v) is 5.58. The number of fused-ring (bicyclic) bond motifs is 1. The van der Waals surface area contributed by atoms with Crippen LogP contribution in [0, 0.1) is 0 Å². The van der Waals surface area contributed by atoms with E-state index >= 15 is 0 Å². The van der Waals surface area contributed by atoms with Crippen LogP contribution in [0.25, 0.3) is 22.4 Å². The predicted octanol–water partition coefficient (Wildman–Crippen LogP) is 3.28. The first-order valence-corrected chi connectivity index (χ1v) is 7.19. The summed E-state index contributed by atoms with van der Waals surface area (Å²) in [6.45, 7) is 4.11. The van der Waals surface area contributed by atoms with Crippen LogP contribution in [0.2, 0.25) is 0 Å². The van der Waals surface area contributed by atoms with Crippen molar-refractivity contribution in [3.05, 3.63) is 29.6 Å². The van der Waals surface area contributed by atoms with E-state index in [0.29, 0.717) is 28.5 Å². The zero-order valence-electron chi connectivity index (χ0n) is 11.2. The Labute approximate surface area is 120 Å². The summed E-state index contributed by atoms with van der Waals surface area (Å²) in [6, 6.07) is 7.69. The van der Waals surface area contributed by atoms with Crippen molar-refractivity contribution in [3.63, 3.8) is 0 Å². The molecule has 0 unspecified atom stereocenters. The number of aromatic hydroxyl groups is 1. The molecule has 0 atom stereocenters. The monoisotopic (exact) mass is 286 g/mol. The van der Waals surface area contributed by atoms with Gasteiger partial charge in [-0.25, -0.2) is 9.97 Å². The van der Waals surface area contributed by atoms with Crippen LogP contribution in [0.5, 0.6) is 5.88 Å². The van der Waals surface area contributed by atoms with Gasteiger partial charge in [0.2, 0.25) is 5.88 Å². The molecule has 1 aromatic carbocycles. The number of rotatable bonds is 3. The molecule has 5 nitrogen and oxygen atoms in total. The Hall–Kier alpha value is -2.21. The van der Waals surface area contributed by atoms with Gasteiger partial charge in [0.05, 0.1) is 10.9 Å². The van der Waals surface area contributed by atoms with Crippen LogP contribution in [0.3, 0.4) is 0 Å². The second kappa shape index (κ2) is 5.05. The number of hydrogen-bond acceptors (Lipinski definition) is 6. The number of nitrogens with zero attached hydrogens (tertiary/aromatic N) is 3. The van der Waals surface area contributed by atoms with Gasteiger partial charge in [-0.1, -0.05) is 12.1 Å².